The summed E-state index contributed by atoms with van der Waals surface area (Å²) in [5.74, 6) is 0.576. The fourth-order valence-corrected chi connectivity index (χ4v) is 2.76. The average Bonchev–Trinajstić information content (AvgIpc) is 2.92. The predicted molar refractivity (Wildman–Crippen MR) is 85.7 cm³/mol. The van der Waals surface area contributed by atoms with Gasteiger partial charge in [0.05, 0.1) is 5.02 Å². The lowest BCUT2D eigenvalue weighted by Crippen LogP contribution is -1.99. The first-order chi connectivity index (χ1) is 10.1. The van der Waals surface area contributed by atoms with Crippen LogP contribution in [-0.2, 0) is 6.42 Å². The number of furan rings is 1. The summed E-state index contributed by atoms with van der Waals surface area (Å²) in [6.07, 6.45) is 0.828. The summed E-state index contributed by atoms with van der Waals surface area (Å²) in [7, 11) is 0. The van der Waals surface area contributed by atoms with Crippen LogP contribution in [0.1, 0.15) is 29.4 Å². The topological polar surface area (TPSA) is 33.4 Å². The second-order valence-corrected chi connectivity index (χ2v) is 5.70. The number of aliphatic hydroxyl groups excluding tert-OH is 1. The molecule has 0 aliphatic carbocycles. The Morgan fingerprint density at radius 3 is 2.71 bits per heavy atom. The van der Waals surface area contributed by atoms with Gasteiger partial charge in [0.15, 0.2) is 5.58 Å². The number of benzene rings is 2. The first-order valence-corrected chi connectivity index (χ1v) is 7.43. The summed E-state index contributed by atoms with van der Waals surface area (Å²) in [6.45, 7) is 2.09. The van der Waals surface area contributed by atoms with Gasteiger partial charge in [-0.05, 0) is 43.0 Å². The van der Waals surface area contributed by atoms with E-state index in [-0.39, 0.29) is 0 Å². The van der Waals surface area contributed by atoms with Gasteiger partial charge in [-0.2, -0.15) is 0 Å². The quantitative estimate of drug-likeness (QED) is 0.730. The molecule has 0 aliphatic rings. The molecule has 0 spiro atoms. The Balaban J connectivity index is 1.76. The molecule has 21 heavy (non-hydrogen) atoms. The number of fused-ring (bicyclic) bond motifs is 1. The van der Waals surface area contributed by atoms with Crippen LogP contribution in [0.5, 0.6) is 0 Å². The Kier molecular flexibility index (Phi) is 4.00. The number of para-hydroxylation sites is 1. The molecule has 0 fully saturated rings. The zero-order valence-corrected chi connectivity index (χ0v) is 12.6. The highest BCUT2D eigenvalue weighted by Gasteiger charge is 2.15. The van der Waals surface area contributed by atoms with Gasteiger partial charge in [0.1, 0.15) is 11.9 Å². The molecule has 3 rings (SSSR count). The Morgan fingerprint density at radius 2 is 1.95 bits per heavy atom. The van der Waals surface area contributed by atoms with Crippen LogP contribution in [0.25, 0.3) is 11.0 Å². The largest absolute Gasteiger partial charge is 0.457 e. The second-order valence-electron chi connectivity index (χ2n) is 5.29. The normalized spacial score (nSPS) is 12.7. The van der Waals surface area contributed by atoms with Crippen LogP contribution in [-0.4, -0.2) is 5.11 Å². The highest BCUT2D eigenvalue weighted by molar-refractivity contribution is 6.34. The number of rotatable bonds is 4. The van der Waals surface area contributed by atoms with E-state index in [0.717, 1.165) is 11.8 Å². The van der Waals surface area contributed by atoms with E-state index < -0.39 is 6.10 Å². The molecule has 0 amide bonds. The molecule has 2 aromatic carbocycles. The first kappa shape index (κ1) is 14.2. The van der Waals surface area contributed by atoms with Crippen LogP contribution < -0.4 is 0 Å². The third-order valence-corrected chi connectivity index (χ3v) is 4.09. The van der Waals surface area contributed by atoms with E-state index in [1.807, 2.05) is 30.3 Å². The third kappa shape index (κ3) is 2.97. The number of aryl methyl sites for hydroxylation is 2. The SMILES string of the molecule is Cc1ccccc1CCC(O)c1cc2cccc(Cl)c2o1. The molecule has 0 aliphatic heterocycles. The minimum absolute atomic E-state index is 0.574. The molecule has 0 radical (unpaired) electrons. The van der Waals surface area contributed by atoms with Crippen LogP contribution >= 0.6 is 11.6 Å². The van der Waals surface area contributed by atoms with E-state index in [0.29, 0.717) is 22.8 Å². The van der Waals surface area contributed by atoms with E-state index in [9.17, 15) is 5.11 Å². The summed E-state index contributed by atoms with van der Waals surface area (Å²) < 4.78 is 5.70. The molecule has 0 bridgehead atoms. The molecular formula is C18H17ClO2. The van der Waals surface area contributed by atoms with Crippen molar-refractivity contribution in [3.05, 3.63) is 70.4 Å². The van der Waals surface area contributed by atoms with Crippen LogP contribution in [0, 0.1) is 6.92 Å². The Morgan fingerprint density at radius 1 is 1.14 bits per heavy atom. The Bertz CT molecular complexity index is 761. The Labute approximate surface area is 129 Å². The number of halogens is 1. The van der Waals surface area contributed by atoms with E-state index in [1.54, 1.807) is 6.07 Å². The molecule has 1 heterocycles. The molecule has 1 aromatic heterocycles. The first-order valence-electron chi connectivity index (χ1n) is 7.05. The lowest BCUT2D eigenvalue weighted by Gasteiger charge is -2.09. The zero-order chi connectivity index (χ0) is 14.8. The minimum Gasteiger partial charge on any atom is -0.457 e. The third-order valence-electron chi connectivity index (χ3n) is 3.79. The summed E-state index contributed by atoms with van der Waals surface area (Å²) in [6, 6.07) is 15.7. The molecule has 2 nitrogen and oxygen atoms in total. The molecule has 108 valence electrons. The second kappa shape index (κ2) is 5.92. The highest BCUT2D eigenvalue weighted by Crippen LogP contribution is 2.31. The summed E-state index contributed by atoms with van der Waals surface area (Å²) >= 11 is 6.09. The van der Waals surface area contributed by atoms with Crippen LogP contribution in [0.2, 0.25) is 5.02 Å². The standard InChI is InChI=1S/C18H17ClO2/c1-12-5-2-3-6-13(12)9-10-16(20)17-11-14-7-4-8-15(19)18(14)21-17/h2-8,11,16,20H,9-10H2,1H3. The maximum Gasteiger partial charge on any atom is 0.152 e. The van der Waals surface area contributed by atoms with Gasteiger partial charge in [0.2, 0.25) is 0 Å². The van der Waals surface area contributed by atoms with Crippen molar-refractivity contribution >= 4 is 22.6 Å². The van der Waals surface area contributed by atoms with Gasteiger partial charge >= 0.3 is 0 Å². The molecule has 0 saturated carbocycles. The van der Waals surface area contributed by atoms with Gasteiger partial charge in [-0.3, -0.25) is 0 Å². The van der Waals surface area contributed by atoms with Gasteiger partial charge in [-0.25, -0.2) is 0 Å². The highest BCUT2D eigenvalue weighted by atomic mass is 35.5. The fourth-order valence-electron chi connectivity index (χ4n) is 2.54. The average molecular weight is 301 g/mol. The van der Waals surface area contributed by atoms with Crippen molar-refractivity contribution in [2.24, 2.45) is 0 Å². The lowest BCUT2D eigenvalue weighted by atomic mass is 10.0. The van der Waals surface area contributed by atoms with Gasteiger partial charge in [0.25, 0.3) is 0 Å². The van der Waals surface area contributed by atoms with E-state index in [2.05, 4.69) is 19.1 Å². The maximum absolute atomic E-state index is 10.3. The minimum atomic E-state index is -0.618. The van der Waals surface area contributed by atoms with Crippen molar-refractivity contribution in [3.63, 3.8) is 0 Å². The summed E-state index contributed by atoms with van der Waals surface area (Å²) in [4.78, 5) is 0. The maximum atomic E-state index is 10.3. The van der Waals surface area contributed by atoms with Crippen molar-refractivity contribution in [2.75, 3.05) is 0 Å². The summed E-state index contributed by atoms with van der Waals surface area (Å²) in [5, 5.41) is 11.8. The molecule has 3 aromatic rings. The van der Waals surface area contributed by atoms with Crippen LogP contribution in [0.15, 0.2) is 52.9 Å². The molecular weight excluding hydrogens is 284 g/mol. The van der Waals surface area contributed by atoms with Crippen LogP contribution in [0.3, 0.4) is 0 Å². The molecule has 3 heteroatoms. The van der Waals surface area contributed by atoms with Gasteiger partial charge in [-0.1, -0.05) is 48.0 Å². The van der Waals surface area contributed by atoms with Crippen LogP contribution in [0.4, 0.5) is 0 Å². The van der Waals surface area contributed by atoms with Crippen molar-refractivity contribution < 1.29 is 9.52 Å². The molecule has 1 N–H and O–H groups in total. The monoisotopic (exact) mass is 300 g/mol. The molecule has 1 atom stereocenters. The van der Waals surface area contributed by atoms with E-state index in [1.165, 1.54) is 11.1 Å². The Hall–Kier alpha value is -1.77. The fraction of sp³-hybridized carbons (Fsp3) is 0.222. The van der Waals surface area contributed by atoms with Crippen molar-refractivity contribution in [3.8, 4) is 0 Å². The molecule has 1 unspecified atom stereocenters. The van der Waals surface area contributed by atoms with Crippen molar-refractivity contribution in [1.82, 2.24) is 0 Å². The number of aliphatic hydroxyl groups is 1. The lowest BCUT2D eigenvalue weighted by molar-refractivity contribution is 0.143. The van der Waals surface area contributed by atoms with Gasteiger partial charge in [0, 0.05) is 5.39 Å². The van der Waals surface area contributed by atoms with E-state index >= 15 is 0 Å². The molecule has 0 saturated heterocycles. The number of hydrogen-bond donors (Lipinski definition) is 1. The predicted octanol–water partition coefficient (Wildman–Crippen LogP) is 5.06. The van der Waals surface area contributed by atoms with Gasteiger partial charge in [-0.15, -0.1) is 0 Å². The van der Waals surface area contributed by atoms with Crippen molar-refractivity contribution in [2.45, 2.75) is 25.9 Å². The number of hydrogen-bond acceptors (Lipinski definition) is 2. The smallest absolute Gasteiger partial charge is 0.152 e. The van der Waals surface area contributed by atoms with E-state index in [4.69, 9.17) is 16.0 Å². The zero-order valence-electron chi connectivity index (χ0n) is 11.8. The summed E-state index contributed by atoms with van der Waals surface area (Å²) in [5.41, 5.74) is 3.15. The van der Waals surface area contributed by atoms with Crippen molar-refractivity contribution in [1.29, 1.82) is 0 Å². The van der Waals surface area contributed by atoms with Gasteiger partial charge < -0.3 is 9.52 Å².